The first-order chi connectivity index (χ1) is 21.1. The van der Waals surface area contributed by atoms with Gasteiger partial charge in [-0.25, -0.2) is 9.78 Å². The van der Waals surface area contributed by atoms with Crippen LogP contribution in [-0.4, -0.2) is 43.2 Å². The van der Waals surface area contributed by atoms with Crippen molar-refractivity contribution in [2.45, 2.75) is 0 Å². The van der Waals surface area contributed by atoms with Gasteiger partial charge in [0.05, 0.1) is 53.5 Å². The van der Waals surface area contributed by atoms with Crippen molar-refractivity contribution >= 4 is 78.1 Å². The molecule has 224 valence electrons. The molecule has 4 aromatic carbocycles. The summed E-state index contributed by atoms with van der Waals surface area (Å²) in [5, 5.41) is 5.56. The summed E-state index contributed by atoms with van der Waals surface area (Å²) in [6, 6.07) is 18.1. The zero-order valence-corrected chi connectivity index (χ0v) is 27.9. The first kappa shape index (κ1) is 31.5. The predicted octanol–water partition coefficient (Wildman–Crippen LogP) is 8.02. The van der Waals surface area contributed by atoms with Crippen LogP contribution in [-0.2, 0) is 0 Å². The molecule has 0 radical (unpaired) electrons. The molecule has 0 bridgehead atoms. The van der Waals surface area contributed by atoms with Crippen molar-refractivity contribution in [3.05, 3.63) is 107 Å². The van der Waals surface area contributed by atoms with Gasteiger partial charge in [0.25, 0.3) is 5.56 Å². The van der Waals surface area contributed by atoms with E-state index in [4.69, 9.17) is 42.1 Å². The molecule has 13 heteroatoms. The van der Waals surface area contributed by atoms with Crippen molar-refractivity contribution in [3.8, 4) is 34.4 Å². The van der Waals surface area contributed by atoms with Crippen molar-refractivity contribution in [1.29, 1.82) is 0 Å². The first-order valence-corrected chi connectivity index (χ1v) is 15.0. The van der Waals surface area contributed by atoms with Gasteiger partial charge in [0.15, 0.2) is 23.1 Å². The Bertz CT molecular complexity index is 1990. The number of aromatic nitrogens is 2. The summed E-state index contributed by atoms with van der Waals surface area (Å²) in [6.45, 7) is 0. The fraction of sp³-hybridized carbons (Fsp3) is 0.0968. The van der Waals surface area contributed by atoms with Crippen molar-refractivity contribution < 1.29 is 23.7 Å². The summed E-state index contributed by atoms with van der Waals surface area (Å²) in [7, 11) is 4.36. The SMILES string of the molecule is COc1cc(C(=O)Oc2c(Br)cc(Br)cc2C=Nn2c(-c3ccc(Cl)cc3Cl)nc3ccccc3c2=O)cc(OC)c1OC. The topological polar surface area (TPSA) is 101 Å². The Morgan fingerprint density at radius 1 is 0.909 bits per heavy atom. The van der Waals surface area contributed by atoms with Gasteiger partial charge in [-0.15, -0.1) is 0 Å². The molecule has 1 aromatic heterocycles. The first-order valence-electron chi connectivity index (χ1n) is 12.7. The number of fused-ring (bicyclic) bond motifs is 1. The number of carbonyl (C=O) groups excluding carboxylic acids is 1. The molecule has 5 aromatic rings. The van der Waals surface area contributed by atoms with E-state index in [2.05, 4.69) is 41.9 Å². The maximum atomic E-state index is 13.7. The number of nitrogens with zero attached hydrogens (tertiary/aromatic N) is 3. The van der Waals surface area contributed by atoms with E-state index in [9.17, 15) is 9.59 Å². The molecule has 0 saturated carbocycles. The van der Waals surface area contributed by atoms with E-state index in [1.54, 1.807) is 54.6 Å². The lowest BCUT2D eigenvalue weighted by Gasteiger charge is -2.15. The van der Waals surface area contributed by atoms with E-state index < -0.39 is 11.5 Å². The minimum absolute atomic E-state index is 0.142. The highest BCUT2D eigenvalue weighted by Gasteiger charge is 2.21. The van der Waals surface area contributed by atoms with Gasteiger partial charge in [-0.3, -0.25) is 4.79 Å². The highest BCUT2D eigenvalue weighted by molar-refractivity contribution is 9.11. The van der Waals surface area contributed by atoms with Gasteiger partial charge in [0, 0.05) is 20.6 Å². The molecule has 0 unspecified atom stereocenters. The Morgan fingerprint density at radius 2 is 1.61 bits per heavy atom. The second-order valence-corrected chi connectivity index (χ2v) is 11.7. The molecule has 0 saturated heterocycles. The van der Waals surface area contributed by atoms with Crippen LogP contribution in [0.4, 0.5) is 0 Å². The van der Waals surface area contributed by atoms with E-state index >= 15 is 0 Å². The van der Waals surface area contributed by atoms with Crippen LogP contribution in [0.2, 0.25) is 10.0 Å². The van der Waals surface area contributed by atoms with Gasteiger partial charge < -0.3 is 18.9 Å². The van der Waals surface area contributed by atoms with E-state index in [1.807, 2.05) is 0 Å². The second-order valence-electron chi connectivity index (χ2n) is 9.05. The third kappa shape index (κ3) is 6.32. The van der Waals surface area contributed by atoms with Crippen molar-refractivity contribution in [3.63, 3.8) is 0 Å². The largest absolute Gasteiger partial charge is 0.493 e. The fourth-order valence-electron chi connectivity index (χ4n) is 4.33. The maximum absolute atomic E-state index is 13.7. The van der Waals surface area contributed by atoms with Gasteiger partial charge in [0.1, 0.15) is 0 Å². The molecule has 0 fully saturated rings. The lowest BCUT2D eigenvalue weighted by Crippen LogP contribution is -2.20. The maximum Gasteiger partial charge on any atom is 0.343 e. The van der Waals surface area contributed by atoms with E-state index in [-0.39, 0.29) is 33.7 Å². The van der Waals surface area contributed by atoms with Gasteiger partial charge in [0.2, 0.25) is 5.75 Å². The Morgan fingerprint density at radius 3 is 2.27 bits per heavy atom. The number of esters is 1. The number of para-hydroxylation sites is 1. The average molecular weight is 762 g/mol. The van der Waals surface area contributed by atoms with Crippen LogP contribution in [0, 0.1) is 0 Å². The molecule has 0 spiro atoms. The second kappa shape index (κ2) is 13.4. The fourth-order valence-corrected chi connectivity index (χ4v) is 6.16. The normalized spacial score (nSPS) is 11.2. The lowest BCUT2D eigenvalue weighted by atomic mass is 10.1. The smallest absolute Gasteiger partial charge is 0.343 e. The molecule has 9 nitrogen and oxygen atoms in total. The summed E-state index contributed by atoms with van der Waals surface area (Å²) >= 11 is 19.6. The summed E-state index contributed by atoms with van der Waals surface area (Å²) in [5.41, 5.74) is 0.987. The van der Waals surface area contributed by atoms with Crippen molar-refractivity contribution in [2.24, 2.45) is 5.10 Å². The van der Waals surface area contributed by atoms with Crippen LogP contribution in [0.15, 0.2) is 85.6 Å². The molecule has 44 heavy (non-hydrogen) atoms. The third-order valence-electron chi connectivity index (χ3n) is 6.37. The van der Waals surface area contributed by atoms with Crippen LogP contribution in [0.1, 0.15) is 15.9 Å². The summed E-state index contributed by atoms with van der Waals surface area (Å²) in [6.07, 6.45) is 1.39. The van der Waals surface area contributed by atoms with Gasteiger partial charge >= 0.3 is 5.97 Å². The number of halogens is 4. The van der Waals surface area contributed by atoms with Crippen LogP contribution < -0.4 is 24.5 Å². The molecule has 0 aliphatic carbocycles. The number of methoxy groups -OCH3 is 3. The monoisotopic (exact) mass is 759 g/mol. The highest BCUT2D eigenvalue weighted by Crippen LogP contribution is 2.39. The van der Waals surface area contributed by atoms with Gasteiger partial charge in [-0.1, -0.05) is 51.3 Å². The van der Waals surface area contributed by atoms with Gasteiger partial charge in [-0.2, -0.15) is 9.78 Å². The molecule has 0 aliphatic heterocycles. The molecule has 5 rings (SSSR count). The summed E-state index contributed by atoms with van der Waals surface area (Å²) < 4.78 is 24.2. The van der Waals surface area contributed by atoms with Crippen LogP contribution >= 0.6 is 55.1 Å². The quantitative estimate of drug-likeness (QED) is 0.0897. The van der Waals surface area contributed by atoms with Crippen molar-refractivity contribution in [2.75, 3.05) is 21.3 Å². The molecule has 0 amide bonds. The molecule has 0 aliphatic rings. The lowest BCUT2D eigenvalue weighted by molar-refractivity contribution is 0.0732. The number of rotatable bonds is 8. The van der Waals surface area contributed by atoms with Crippen LogP contribution in [0.25, 0.3) is 22.3 Å². The van der Waals surface area contributed by atoms with Crippen molar-refractivity contribution in [1.82, 2.24) is 9.66 Å². The average Bonchev–Trinajstić information content (AvgIpc) is 3.01. The summed E-state index contributed by atoms with van der Waals surface area (Å²) in [4.78, 5) is 31.7. The highest BCUT2D eigenvalue weighted by atomic mass is 79.9. The molecular formula is C31H21Br2Cl2N3O6. The minimum Gasteiger partial charge on any atom is -0.493 e. The van der Waals surface area contributed by atoms with Crippen LogP contribution in [0.3, 0.4) is 0 Å². The number of benzene rings is 4. The molecule has 0 atom stereocenters. The number of carbonyl (C=O) groups is 1. The van der Waals surface area contributed by atoms with E-state index in [0.717, 1.165) is 4.68 Å². The van der Waals surface area contributed by atoms with Crippen LogP contribution in [0.5, 0.6) is 23.0 Å². The minimum atomic E-state index is -0.708. The molecule has 0 N–H and O–H groups in total. The third-order valence-corrected chi connectivity index (χ3v) is 7.97. The molecule has 1 heterocycles. The predicted molar refractivity (Wildman–Crippen MR) is 177 cm³/mol. The van der Waals surface area contributed by atoms with Gasteiger partial charge in [-0.05, 0) is 70.5 Å². The number of ether oxygens (including phenoxy) is 4. The Balaban J connectivity index is 1.62. The molecular weight excluding hydrogens is 741 g/mol. The Kier molecular flexibility index (Phi) is 9.59. The zero-order chi connectivity index (χ0) is 31.5. The Labute approximate surface area is 278 Å². The summed E-state index contributed by atoms with van der Waals surface area (Å²) in [5.74, 6) is 0.523. The number of hydrogen-bond acceptors (Lipinski definition) is 8. The Hall–Kier alpha value is -3.90. The zero-order valence-electron chi connectivity index (χ0n) is 23.2. The number of hydrogen-bond donors (Lipinski definition) is 0. The van der Waals surface area contributed by atoms with E-state index in [0.29, 0.717) is 41.7 Å². The van der Waals surface area contributed by atoms with E-state index in [1.165, 1.54) is 39.7 Å². The standard InChI is InChI=1S/C31H21Br2Cl2N3O6/c1-41-25-11-16(12-26(42-2)28(25)43-3)31(40)44-27-17(10-18(32)13-22(27)33)15-36-38-29(20-9-8-19(34)14-23(20)35)37-24-7-5-4-6-21(24)30(38)39/h4-15H,1-3H3.